The van der Waals surface area contributed by atoms with Crippen molar-refractivity contribution in [2.24, 2.45) is 17.6 Å². The first-order valence-electron chi connectivity index (χ1n) is 15.3. The lowest BCUT2D eigenvalue weighted by molar-refractivity contribution is -0.123. The number of likely N-dealkylation sites (tertiary alicyclic amines) is 1. The van der Waals surface area contributed by atoms with Gasteiger partial charge in [0.05, 0.1) is 22.0 Å². The van der Waals surface area contributed by atoms with E-state index in [1.54, 1.807) is 0 Å². The molecule has 210 valence electrons. The Hall–Kier alpha value is -2.51. The molecule has 3 fully saturated rings. The predicted molar refractivity (Wildman–Crippen MR) is 162 cm³/mol. The van der Waals surface area contributed by atoms with Gasteiger partial charge in [0.2, 0.25) is 5.91 Å². The summed E-state index contributed by atoms with van der Waals surface area (Å²) in [5, 5.41) is 0.671. The Morgan fingerprint density at radius 1 is 1.00 bits per heavy atom. The largest absolute Gasteiger partial charge is 0.369 e. The second kappa shape index (κ2) is 10.4. The van der Waals surface area contributed by atoms with Gasteiger partial charge in [0.15, 0.2) is 0 Å². The standard InChI is InChI=1S/C33H39BrN4O2/c34-26-5-4-6-28-29(26)31(40)36-32-33(15-2-1-3-16-33)25-19-24(11-12-27(25)38(28)32)22-13-17-37(18-14-22)20-21-7-9-23(10-8-21)30(35)39/h4-6,11-12,19,21-23H,1-3,7-10,13-18,20H2,(H2,35,39). The van der Waals surface area contributed by atoms with E-state index in [-0.39, 0.29) is 22.8 Å². The van der Waals surface area contributed by atoms with Crippen molar-refractivity contribution >= 4 is 32.7 Å². The van der Waals surface area contributed by atoms with Crippen molar-refractivity contribution in [1.82, 2.24) is 14.5 Å². The number of primary amides is 1. The summed E-state index contributed by atoms with van der Waals surface area (Å²) in [5.41, 5.74) is 10.3. The van der Waals surface area contributed by atoms with Crippen LogP contribution in [0.15, 0.2) is 45.7 Å². The van der Waals surface area contributed by atoms with Crippen LogP contribution in [0.3, 0.4) is 0 Å². The Bertz CT molecular complexity index is 1510. The number of piperidine rings is 1. The van der Waals surface area contributed by atoms with E-state index >= 15 is 0 Å². The van der Waals surface area contributed by atoms with E-state index in [1.165, 1.54) is 48.9 Å². The zero-order valence-corrected chi connectivity index (χ0v) is 24.8. The Kier molecular flexibility index (Phi) is 6.86. The Morgan fingerprint density at radius 2 is 1.75 bits per heavy atom. The van der Waals surface area contributed by atoms with E-state index < -0.39 is 0 Å². The maximum Gasteiger partial charge on any atom is 0.281 e. The van der Waals surface area contributed by atoms with Gasteiger partial charge in [0.1, 0.15) is 5.82 Å². The zero-order valence-electron chi connectivity index (χ0n) is 23.2. The van der Waals surface area contributed by atoms with Gasteiger partial charge in [0, 0.05) is 16.9 Å². The van der Waals surface area contributed by atoms with Gasteiger partial charge in [-0.15, -0.1) is 0 Å². The van der Waals surface area contributed by atoms with E-state index in [2.05, 4.69) is 49.7 Å². The van der Waals surface area contributed by atoms with Crippen LogP contribution >= 0.6 is 15.9 Å². The Balaban J connectivity index is 1.15. The molecule has 2 aliphatic heterocycles. The molecule has 7 heteroatoms. The smallest absolute Gasteiger partial charge is 0.281 e. The number of nitrogens with two attached hydrogens (primary N) is 1. The molecule has 7 rings (SSSR count). The fourth-order valence-electron chi connectivity index (χ4n) is 8.39. The first kappa shape index (κ1) is 26.4. The summed E-state index contributed by atoms with van der Waals surface area (Å²) in [4.78, 5) is 32.3. The van der Waals surface area contributed by atoms with Crippen molar-refractivity contribution in [2.45, 2.75) is 82.0 Å². The highest BCUT2D eigenvalue weighted by molar-refractivity contribution is 9.10. The Morgan fingerprint density at radius 3 is 2.48 bits per heavy atom. The normalized spacial score (nSPS) is 24.7. The van der Waals surface area contributed by atoms with Crippen molar-refractivity contribution in [3.8, 4) is 5.69 Å². The number of amides is 1. The maximum absolute atomic E-state index is 13.3. The van der Waals surface area contributed by atoms with Gasteiger partial charge < -0.3 is 10.6 Å². The van der Waals surface area contributed by atoms with Crippen LogP contribution in [0.25, 0.3) is 16.6 Å². The summed E-state index contributed by atoms with van der Waals surface area (Å²) in [6.45, 7) is 3.43. The van der Waals surface area contributed by atoms with E-state index in [0.29, 0.717) is 17.2 Å². The molecule has 2 N–H and O–H groups in total. The average molecular weight is 604 g/mol. The first-order chi connectivity index (χ1) is 19.4. The molecule has 3 aromatic rings. The van der Waals surface area contributed by atoms with E-state index in [4.69, 9.17) is 10.7 Å². The summed E-state index contributed by atoms with van der Waals surface area (Å²) in [5.74, 6) is 2.19. The molecule has 0 bridgehead atoms. The maximum atomic E-state index is 13.3. The molecule has 40 heavy (non-hydrogen) atoms. The van der Waals surface area contributed by atoms with Crippen molar-refractivity contribution in [3.05, 3.63) is 68.2 Å². The van der Waals surface area contributed by atoms with Gasteiger partial charge in [-0.25, -0.2) is 0 Å². The highest BCUT2D eigenvalue weighted by atomic mass is 79.9. The molecule has 3 heterocycles. The molecule has 2 saturated carbocycles. The average Bonchev–Trinajstić information content (AvgIpc) is 3.22. The number of rotatable bonds is 4. The van der Waals surface area contributed by atoms with Gasteiger partial charge in [-0.3, -0.25) is 14.2 Å². The molecule has 1 spiro atoms. The number of aromatic nitrogens is 2. The van der Waals surface area contributed by atoms with Crippen LogP contribution in [0.1, 0.15) is 93.5 Å². The highest BCUT2D eigenvalue weighted by Gasteiger charge is 2.46. The van der Waals surface area contributed by atoms with Gasteiger partial charge in [-0.1, -0.05) is 37.5 Å². The van der Waals surface area contributed by atoms with Crippen LogP contribution < -0.4 is 11.3 Å². The van der Waals surface area contributed by atoms with Crippen molar-refractivity contribution in [3.63, 3.8) is 0 Å². The number of carbonyl (C=O) groups is 1. The van der Waals surface area contributed by atoms with E-state index in [9.17, 15) is 9.59 Å². The van der Waals surface area contributed by atoms with Gasteiger partial charge in [-0.05, 0) is 122 Å². The molecular weight excluding hydrogens is 564 g/mol. The summed E-state index contributed by atoms with van der Waals surface area (Å²) < 4.78 is 3.11. The van der Waals surface area contributed by atoms with Gasteiger partial charge in [0.25, 0.3) is 5.56 Å². The van der Waals surface area contributed by atoms with Crippen LogP contribution in [0.4, 0.5) is 0 Å². The Labute approximate surface area is 244 Å². The molecule has 6 nitrogen and oxygen atoms in total. The van der Waals surface area contributed by atoms with Crippen LogP contribution in [0.2, 0.25) is 0 Å². The van der Waals surface area contributed by atoms with E-state index in [1.807, 2.05) is 12.1 Å². The summed E-state index contributed by atoms with van der Waals surface area (Å²) in [6.07, 6.45) is 12.3. The van der Waals surface area contributed by atoms with E-state index in [0.717, 1.165) is 74.0 Å². The SMILES string of the molecule is NC(=O)C1CCC(CN2CCC(c3ccc4c(c3)C3(CCCCC3)c3nc(=O)c5c(Br)cccc5n3-4)CC2)CC1. The molecule has 1 aromatic heterocycles. The predicted octanol–water partition coefficient (Wildman–Crippen LogP) is 6.18. The van der Waals surface area contributed by atoms with Crippen molar-refractivity contribution < 1.29 is 4.79 Å². The van der Waals surface area contributed by atoms with Crippen LogP contribution in [0, 0.1) is 11.8 Å². The lowest BCUT2D eigenvalue weighted by Gasteiger charge is -2.37. The van der Waals surface area contributed by atoms with Crippen molar-refractivity contribution in [1.29, 1.82) is 0 Å². The third kappa shape index (κ3) is 4.35. The molecule has 0 unspecified atom stereocenters. The molecule has 4 aliphatic rings. The van der Waals surface area contributed by atoms with Gasteiger partial charge in [-0.2, -0.15) is 4.98 Å². The van der Waals surface area contributed by atoms with Crippen LogP contribution in [-0.2, 0) is 10.2 Å². The zero-order chi connectivity index (χ0) is 27.4. The lowest BCUT2D eigenvalue weighted by Crippen LogP contribution is -2.38. The number of nitrogens with zero attached hydrogens (tertiary/aromatic N) is 3. The van der Waals surface area contributed by atoms with Gasteiger partial charge >= 0.3 is 0 Å². The monoisotopic (exact) mass is 602 g/mol. The minimum Gasteiger partial charge on any atom is -0.369 e. The van der Waals surface area contributed by atoms with Crippen LogP contribution in [0.5, 0.6) is 0 Å². The third-order valence-corrected chi connectivity index (χ3v) is 11.3. The molecule has 1 saturated heterocycles. The summed E-state index contributed by atoms with van der Waals surface area (Å²) >= 11 is 3.62. The molecule has 2 aliphatic carbocycles. The number of halogens is 1. The lowest BCUT2D eigenvalue weighted by atomic mass is 9.69. The van der Waals surface area contributed by atoms with Crippen LogP contribution in [-0.4, -0.2) is 40.0 Å². The van der Waals surface area contributed by atoms with Crippen molar-refractivity contribution in [2.75, 3.05) is 19.6 Å². The third-order valence-electron chi connectivity index (χ3n) is 10.6. The number of hydrogen-bond acceptors (Lipinski definition) is 4. The second-order valence-electron chi connectivity index (χ2n) is 12.8. The number of fused-ring (bicyclic) bond motifs is 7. The number of carbonyl (C=O) groups excluding carboxylic acids is 1. The number of benzene rings is 2. The molecule has 0 radical (unpaired) electrons. The fourth-order valence-corrected chi connectivity index (χ4v) is 8.92. The number of hydrogen-bond donors (Lipinski definition) is 1. The molecule has 2 aromatic carbocycles. The first-order valence-corrected chi connectivity index (χ1v) is 16.1. The quantitative estimate of drug-likeness (QED) is 0.386. The topological polar surface area (TPSA) is 81.2 Å². The molecular formula is C33H39BrN4O2. The fraction of sp³-hybridized carbons (Fsp3) is 0.545. The minimum absolute atomic E-state index is 0.0912. The summed E-state index contributed by atoms with van der Waals surface area (Å²) in [6, 6.07) is 13.2. The molecule has 1 amide bonds. The summed E-state index contributed by atoms with van der Waals surface area (Å²) in [7, 11) is 0. The highest BCUT2D eigenvalue weighted by Crippen LogP contribution is 2.52. The minimum atomic E-state index is -0.163. The molecule has 0 atom stereocenters. The second-order valence-corrected chi connectivity index (χ2v) is 13.7.